The van der Waals surface area contributed by atoms with Crippen molar-refractivity contribution in [2.24, 2.45) is 0 Å². The lowest BCUT2D eigenvalue weighted by Crippen LogP contribution is -2.24. The van der Waals surface area contributed by atoms with Crippen molar-refractivity contribution in [1.82, 2.24) is 10.3 Å². The number of carboxylic acid groups (broad SMARTS) is 1. The summed E-state index contributed by atoms with van der Waals surface area (Å²) in [5.74, 6) is -0.864. The van der Waals surface area contributed by atoms with Gasteiger partial charge >= 0.3 is 5.97 Å². The fourth-order valence-corrected chi connectivity index (χ4v) is 2.63. The molecule has 0 spiro atoms. The highest BCUT2D eigenvalue weighted by molar-refractivity contribution is 9.10. The van der Waals surface area contributed by atoms with Crippen LogP contribution in [-0.4, -0.2) is 28.5 Å². The minimum atomic E-state index is -0.751. The van der Waals surface area contributed by atoms with Crippen LogP contribution in [-0.2, 0) is 4.79 Å². The Morgan fingerprint density at radius 1 is 1.14 bits per heavy atom. The van der Waals surface area contributed by atoms with Gasteiger partial charge in [0.2, 0.25) is 0 Å². The molecular weight excluding hydrogens is 348 g/mol. The van der Waals surface area contributed by atoms with Crippen molar-refractivity contribution < 1.29 is 14.7 Å². The van der Waals surface area contributed by atoms with Gasteiger partial charge < -0.3 is 15.4 Å². The topological polar surface area (TPSA) is 82.2 Å². The second kappa shape index (κ2) is 7.98. The van der Waals surface area contributed by atoms with Crippen molar-refractivity contribution in [1.29, 1.82) is 0 Å². The predicted octanol–water partition coefficient (Wildman–Crippen LogP) is 3.70. The number of amides is 1. The Kier molecular flexibility index (Phi) is 6.00. The smallest absolute Gasteiger partial charge is 0.303 e. The molecule has 0 bridgehead atoms. The van der Waals surface area contributed by atoms with Gasteiger partial charge in [0, 0.05) is 28.3 Å². The number of aromatic nitrogens is 1. The van der Waals surface area contributed by atoms with Crippen LogP contribution in [0.3, 0.4) is 0 Å². The van der Waals surface area contributed by atoms with Crippen molar-refractivity contribution in [3.8, 4) is 0 Å². The monoisotopic (exact) mass is 366 g/mol. The van der Waals surface area contributed by atoms with Crippen LogP contribution in [0, 0.1) is 0 Å². The summed E-state index contributed by atoms with van der Waals surface area (Å²) < 4.78 is 0.968. The van der Waals surface area contributed by atoms with Gasteiger partial charge in [-0.3, -0.25) is 9.59 Å². The van der Waals surface area contributed by atoms with Crippen LogP contribution < -0.4 is 5.32 Å². The van der Waals surface area contributed by atoms with Gasteiger partial charge in [0.05, 0.1) is 0 Å². The molecule has 6 heteroatoms. The highest BCUT2D eigenvalue weighted by Gasteiger charge is 2.08. The highest BCUT2D eigenvalue weighted by atomic mass is 79.9. The van der Waals surface area contributed by atoms with E-state index in [-0.39, 0.29) is 12.3 Å². The van der Waals surface area contributed by atoms with E-state index in [2.05, 4.69) is 26.2 Å². The number of carboxylic acids is 1. The number of unbranched alkanes of at least 4 members (excludes halogenated alkanes) is 3. The molecule has 3 N–H and O–H groups in total. The van der Waals surface area contributed by atoms with Gasteiger partial charge in [0.25, 0.3) is 5.91 Å². The van der Waals surface area contributed by atoms with E-state index in [0.29, 0.717) is 18.7 Å². The minimum absolute atomic E-state index is 0.113. The van der Waals surface area contributed by atoms with E-state index < -0.39 is 5.97 Å². The predicted molar refractivity (Wildman–Crippen MR) is 89.1 cm³/mol. The number of nitrogens with one attached hydrogen (secondary N) is 2. The Bertz CT molecular complexity index is 666. The van der Waals surface area contributed by atoms with Gasteiger partial charge in [-0.15, -0.1) is 0 Å². The van der Waals surface area contributed by atoms with Crippen LogP contribution in [0.15, 0.2) is 28.7 Å². The SMILES string of the molecule is O=C(O)CCCCCCNC(=O)c1cc2ccc(Br)cc2[nH]1. The summed E-state index contributed by atoms with van der Waals surface area (Å²) in [5, 5.41) is 12.4. The molecule has 1 amide bonds. The lowest BCUT2D eigenvalue weighted by atomic mass is 10.1. The Morgan fingerprint density at radius 2 is 1.91 bits per heavy atom. The average Bonchev–Trinajstić information content (AvgIpc) is 2.88. The molecule has 118 valence electrons. The maximum atomic E-state index is 12.0. The summed E-state index contributed by atoms with van der Waals surface area (Å²) in [6.45, 7) is 0.602. The van der Waals surface area contributed by atoms with Crippen LogP contribution in [0.4, 0.5) is 0 Å². The van der Waals surface area contributed by atoms with Crippen molar-refractivity contribution in [2.75, 3.05) is 6.54 Å². The molecule has 1 aromatic carbocycles. The van der Waals surface area contributed by atoms with Crippen molar-refractivity contribution in [3.05, 3.63) is 34.4 Å². The largest absolute Gasteiger partial charge is 0.481 e. The average molecular weight is 367 g/mol. The summed E-state index contributed by atoms with van der Waals surface area (Å²) in [7, 11) is 0. The van der Waals surface area contributed by atoms with Crippen LogP contribution in [0.5, 0.6) is 0 Å². The molecule has 0 atom stereocenters. The Morgan fingerprint density at radius 3 is 2.68 bits per heavy atom. The molecule has 0 aliphatic rings. The first kappa shape index (κ1) is 16.5. The Hall–Kier alpha value is -1.82. The van der Waals surface area contributed by atoms with E-state index in [1.807, 2.05) is 24.3 Å². The van der Waals surface area contributed by atoms with Gasteiger partial charge in [-0.2, -0.15) is 0 Å². The first-order chi connectivity index (χ1) is 10.6. The summed E-state index contributed by atoms with van der Waals surface area (Å²) in [6.07, 6.45) is 3.57. The van der Waals surface area contributed by atoms with E-state index in [1.165, 1.54) is 0 Å². The molecule has 2 rings (SSSR count). The van der Waals surface area contributed by atoms with E-state index in [0.717, 1.165) is 34.6 Å². The number of hydrogen-bond donors (Lipinski definition) is 3. The summed E-state index contributed by atoms with van der Waals surface area (Å²) in [5.41, 5.74) is 1.48. The second-order valence-corrected chi connectivity index (χ2v) is 6.14. The molecule has 22 heavy (non-hydrogen) atoms. The van der Waals surface area contributed by atoms with E-state index >= 15 is 0 Å². The first-order valence-corrected chi connectivity index (χ1v) is 8.14. The molecule has 0 radical (unpaired) electrons. The molecule has 0 aliphatic heterocycles. The number of aromatic amines is 1. The van der Waals surface area contributed by atoms with Gasteiger partial charge in [-0.1, -0.05) is 34.8 Å². The minimum Gasteiger partial charge on any atom is -0.481 e. The summed E-state index contributed by atoms with van der Waals surface area (Å²) >= 11 is 3.40. The van der Waals surface area contributed by atoms with Crippen LogP contribution in [0.1, 0.15) is 42.6 Å². The fraction of sp³-hybridized carbons (Fsp3) is 0.375. The molecule has 1 heterocycles. The number of H-pyrrole nitrogens is 1. The lowest BCUT2D eigenvalue weighted by molar-refractivity contribution is -0.137. The van der Waals surface area contributed by atoms with Gasteiger partial charge in [0.1, 0.15) is 5.69 Å². The lowest BCUT2D eigenvalue weighted by Gasteiger charge is -2.03. The number of aliphatic carboxylic acids is 1. The van der Waals surface area contributed by atoms with Crippen LogP contribution in [0.25, 0.3) is 10.9 Å². The summed E-state index contributed by atoms with van der Waals surface area (Å²) in [6, 6.07) is 7.67. The zero-order valence-electron chi connectivity index (χ0n) is 12.2. The number of fused-ring (bicyclic) bond motifs is 1. The maximum Gasteiger partial charge on any atom is 0.303 e. The molecule has 0 aliphatic carbocycles. The standard InChI is InChI=1S/C16H19BrN2O3/c17-12-7-6-11-9-14(19-13(11)10-12)16(22)18-8-4-2-1-3-5-15(20)21/h6-7,9-10,19H,1-5,8H2,(H,18,22)(H,20,21). The highest BCUT2D eigenvalue weighted by Crippen LogP contribution is 2.20. The van der Waals surface area contributed by atoms with Crippen molar-refractivity contribution in [3.63, 3.8) is 0 Å². The zero-order chi connectivity index (χ0) is 15.9. The van der Waals surface area contributed by atoms with Crippen LogP contribution in [0.2, 0.25) is 0 Å². The molecule has 5 nitrogen and oxygen atoms in total. The molecule has 0 fully saturated rings. The molecule has 1 aromatic heterocycles. The third-order valence-corrected chi connectivity index (χ3v) is 3.93. The van der Waals surface area contributed by atoms with Gasteiger partial charge in [0.15, 0.2) is 0 Å². The first-order valence-electron chi connectivity index (χ1n) is 7.34. The quantitative estimate of drug-likeness (QED) is 0.623. The van der Waals surface area contributed by atoms with E-state index in [1.54, 1.807) is 0 Å². The Labute approximate surface area is 137 Å². The normalized spacial score (nSPS) is 10.8. The van der Waals surface area contributed by atoms with Crippen molar-refractivity contribution in [2.45, 2.75) is 32.1 Å². The second-order valence-electron chi connectivity index (χ2n) is 5.23. The third kappa shape index (κ3) is 4.87. The number of carbonyl (C=O) groups is 2. The molecule has 2 aromatic rings. The maximum absolute atomic E-state index is 12.0. The number of rotatable bonds is 8. The van der Waals surface area contributed by atoms with Crippen molar-refractivity contribution >= 4 is 38.7 Å². The number of hydrogen-bond acceptors (Lipinski definition) is 2. The third-order valence-electron chi connectivity index (χ3n) is 3.43. The molecule has 0 saturated heterocycles. The number of carbonyl (C=O) groups excluding carboxylic acids is 1. The van der Waals surface area contributed by atoms with Gasteiger partial charge in [-0.05, 0) is 31.0 Å². The number of halogens is 1. The molecular formula is C16H19BrN2O3. The van der Waals surface area contributed by atoms with Crippen LogP contribution >= 0.6 is 15.9 Å². The zero-order valence-corrected chi connectivity index (χ0v) is 13.8. The van der Waals surface area contributed by atoms with E-state index in [9.17, 15) is 9.59 Å². The fourth-order valence-electron chi connectivity index (χ4n) is 2.27. The molecule has 0 saturated carbocycles. The number of benzene rings is 1. The summed E-state index contributed by atoms with van der Waals surface area (Å²) in [4.78, 5) is 25.5. The van der Waals surface area contributed by atoms with Gasteiger partial charge in [-0.25, -0.2) is 0 Å². The Balaban J connectivity index is 1.73. The van der Waals surface area contributed by atoms with E-state index in [4.69, 9.17) is 5.11 Å². The molecule has 0 unspecified atom stereocenters.